The minimum Gasteiger partial charge on any atom is -0.324 e. The topological polar surface area (TPSA) is 29.3 Å². The molecule has 0 saturated carbocycles. The highest BCUT2D eigenvalue weighted by Crippen LogP contribution is 2.21. The van der Waals surface area contributed by atoms with Gasteiger partial charge in [-0.25, -0.2) is 0 Å². The summed E-state index contributed by atoms with van der Waals surface area (Å²) in [5.41, 5.74) is 5.82. The first-order chi connectivity index (χ1) is 6.24. The summed E-state index contributed by atoms with van der Waals surface area (Å²) in [5.74, 6) is 1.62. The van der Waals surface area contributed by atoms with Crippen molar-refractivity contribution in [2.75, 3.05) is 19.6 Å². The van der Waals surface area contributed by atoms with Gasteiger partial charge in [-0.15, -0.1) is 0 Å². The molecule has 13 heavy (non-hydrogen) atoms. The fourth-order valence-electron chi connectivity index (χ4n) is 2.47. The van der Waals surface area contributed by atoms with E-state index in [0.29, 0.717) is 6.04 Å². The third-order valence-electron chi connectivity index (χ3n) is 3.21. The van der Waals surface area contributed by atoms with Crippen molar-refractivity contribution in [1.29, 1.82) is 0 Å². The molecule has 0 amide bonds. The first kappa shape index (κ1) is 9.22. The zero-order valence-corrected chi connectivity index (χ0v) is 8.45. The van der Waals surface area contributed by atoms with Gasteiger partial charge in [-0.3, -0.25) is 0 Å². The molecule has 2 heteroatoms. The maximum atomic E-state index is 5.82. The monoisotopic (exact) mass is 180 g/mol. The van der Waals surface area contributed by atoms with Gasteiger partial charge in [-0.1, -0.05) is 19.1 Å². The van der Waals surface area contributed by atoms with E-state index in [1.165, 1.54) is 26.1 Å². The number of likely N-dealkylation sites (tertiary alicyclic amines) is 1. The van der Waals surface area contributed by atoms with E-state index in [2.05, 4.69) is 24.0 Å². The van der Waals surface area contributed by atoms with Crippen LogP contribution in [0.3, 0.4) is 0 Å². The quantitative estimate of drug-likeness (QED) is 0.648. The standard InChI is InChI=1S/C11H20N2/c1-9-4-5-13(7-9)8-10-2-3-11(12)6-10/h2-3,9-11H,4-8,12H2,1H3. The predicted octanol–water partition coefficient (Wildman–Crippen LogP) is 1.23. The summed E-state index contributed by atoms with van der Waals surface area (Å²) in [6, 6.07) is 0.324. The number of rotatable bonds is 2. The summed E-state index contributed by atoms with van der Waals surface area (Å²) >= 11 is 0. The summed E-state index contributed by atoms with van der Waals surface area (Å²) in [5, 5.41) is 0. The van der Waals surface area contributed by atoms with Crippen molar-refractivity contribution >= 4 is 0 Å². The highest BCUT2D eigenvalue weighted by atomic mass is 15.1. The van der Waals surface area contributed by atoms with Crippen LogP contribution in [-0.2, 0) is 0 Å². The summed E-state index contributed by atoms with van der Waals surface area (Å²) in [4.78, 5) is 2.58. The van der Waals surface area contributed by atoms with Gasteiger partial charge in [-0.05, 0) is 31.2 Å². The molecule has 0 aromatic carbocycles. The molecule has 3 atom stereocenters. The Labute approximate surface area is 80.8 Å². The minimum absolute atomic E-state index is 0.324. The number of hydrogen-bond donors (Lipinski definition) is 1. The van der Waals surface area contributed by atoms with Gasteiger partial charge in [0, 0.05) is 19.1 Å². The van der Waals surface area contributed by atoms with Crippen LogP contribution in [0.2, 0.25) is 0 Å². The SMILES string of the molecule is CC1CCN(CC2C=CC(N)C2)C1. The second-order valence-corrected chi connectivity index (χ2v) is 4.70. The van der Waals surface area contributed by atoms with E-state index < -0.39 is 0 Å². The lowest BCUT2D eigenvalue weighted by atomic mass is 10.1. The lowest BCUT2D eigenvalue weighted by molar-refractivity contribution is 0.290. The second kappa shape index (κ2) is 3.81. The van der Waals surface area contributed by atoms with Crippen LogP contribution in [0.15, 0.2) is 12.2 Å². The Bertz CT molecular complexity index is 200. The van der Waals surface area contributed by atoms with E-state index in [4.69, 9.17) is 5.73 Å². The number of nitrogens with zero attached hydrogens (tertiary/aromatic N) is 1. The molecular weight excluding hydrogens is 160 g/mol. The molecule has 1 aliphatic carbocycles. The van der Waals surface area contributed by atoms with Crippen LogP contribution in [0, 0.1) is 11.8 Å². The predicted molar refractivity (Wildman–Crippen MR) is 55.4 cm³/mol. The van der Waals surface area contributed by atoms with Crippen molar-refractivity contribution in [3.63, 3.8) is 0 Å². The summed E-state index contributed by atoms with van der Waals surface area (Å²) in [6.07, 6.45) is 6.99. The van der Waals surface area contributed by atoms with E-state index >= 15 is 0 Å². The van der Waals surface area contributed by atoms with Crippen molar-refractivity contribution < 1.29 is 0 Å². The molecule has 0 aromatic rings. The van der Waals surface area contributed by atoms with Gasteiger partial charge in [0.25, 0.3) is 0 Å². The van der Waals surface area contributed by atoms with E-state index in [-0.39, 0.29) is 0 Å². The van der Waals surface area contributed by atoms with Crippen molar-refractivity contribution in [2.45, 2.75) is 25.8 Å². The van der Waals surface area contributed by atoms with E-state index in [9.17, 15) is 0 Å². The molecule has 2 rings (SSSR count). The number of hydrogen-bond acceptors (Lipinski definition) is 2. The molecule has 1 fully saturated rings. The van der Waals surface area contributed by atoms with Crippen molar-refractivity contribution in [1.82, 2.24) is 4.90 Å². The Morgan fingerprint density at radius 2 is 2.31 bits per heavy atom. The molecule has 1 heterocycles. The maximum Gasteiger partial charge on any atom is 0.0229 e. The van der Waals surface area contributed by atoms with Gasteiger partial charge in [0.05, 0.1) is 0 Å². The number of nitrogens with two attached hydrogens (primary N) is 1. The normalized spacial score (nSPS) is 40.3. The molecule has 2 aliphatic rings. The lowest BCUT2D eigenvalue weighted by Gasteiger charge is -2.19. The Hall–Kier alpha value is -0.340. The van der Waals surface area contributed by atoms with Crippen molar-refractivity contribution in [2.24, 2.45) is 17.6 Å². The summed E-state index contributed by atoms with van der Waals surface area (Å²) in [7, 11) is 0. The Morgan fingerprint density at radius 3 is 2.85 bits per heavy atom. The van der Waals surface area contributed by atoms with Crippen LogP contribution in [0.1, 0.15) is 19.8 Å². The van der Waals surface area contributed by atoms with Crippen LogP contribution < -0.4 is 5.73 Å². The second-order valence-electron chi connectivity index (χ2n) is 4.70. The Balaban J connectivity index is 1.76. The fraction of sp³-hybridized carbons (Fsp3) is 0.818. The van der Waals surface area contributed by atoms with E-state index in [1.54, 1.807) is 0 Å². The molecule has 74 valence electrons. The van der Waals surface area contributed by atoms with E-state index in [0.717, 1.165) is 18.3 Å². The molecular formula is C11H20N2. The first-order valence-electron chi connectivity index (χ1n) is 5.40. The minimum atomic E-state index is 0.324. The first-order valence-corrected chi connectivity index (χ1v) is 5.40. The molecule has 3 unspecified atom stereocenters. The molecule has 0 spiro atoms. The molecule has 1 saturated heterocycles. The average Bonchev–Trinajstić information content (AvgIpc) is 2.62. The molecule has 2 nitrogen and oxygen atoms in total. The highest BCUT2D eigenvalue weighted by Gasteiger charge is 2.23. The van der Waals surface area contributed by atoms with Crippen LogP contribution in [0.25, 0.3) is 0 Å². The van der Waals surface area contributed by atoms with Crippen LogP contribution in [0.5, 0.6) is 0 Å². The maximum absolute atomic E-state index is 5.82. The molecule has 0 radical (unpaired) electrons. The zero-order chi connectivity index (χ0) is 9.26. The smallest absolute Gasteiger partial charge is 0.0229 e. The van der Waals surface area contributed by atoms with Crippen molar-refractivity contribution in [3.8, 4) is 0 Å². The summed E-state index contributed by atoms with van der Waals surface area (Å²) < 4.78 is 0. The lowest BCUT2D eigenvalue weighted by Crippen LogP contribution is -2.27. The van der Waals surface area contributed by atoms with Gasteiger partial charge in [-0.2, -0.15) is 0 Å². The molecule has 0 bridgehead atoms. The average molecular weight is 180 g/mol. The summed E-state index contributed by atoms with van der Waals surface area (Å²) in [6.45, 7) is 6.16. The van der Waals surface area contributed by atoms with Gasteiger partial charge in [0.1, 0.15) is 0 Å². The highest BCUT2D eigenvalue weighted by molar-refractivity contribution is 5.05. The Kier molecular flexibility index (Phi) is 2.70. The van der Waals surface area contributed by atoms with Crippen LogP contribution >= 0.6 is 0 Å². The third kappa shape index (κ3) is 2.32. The van der Waals surface area contributed by atoms with E-state index in [1.807, 2.05) is 0 Å². The molecule has 0 aromatic heterocycles. The van der Waals surface area contributed by atoms with Gasteiger partial charge in [0.15, 0.2) is 0 Å². The Morgan fingerprint density at radius 1 is 1.46 bits per heavy atom. The third-order valence-corrected chi connectivity index (χ3v) is 3.21. The molecule has 2 N–H and O–H groups in total. The molecule has 1 aliphatic heterocycles. The zero-order valence-electron chi connectivity index (χ0n) is 8.45. The fourth-order valence-corrected chi connectivity index (χ4v) is 2.47. The largest absolute Gasteiger partial charge is 0.324 e. The van der Waals surface area contributed by atoms with Crippen LogP contribution in [0.4, 0.5) is 0 Å². The van der Waals surface area contributed by atoms with Gasteiger partial charge >= 0.3 is 0 Å². The van der Waals surface area contributed by atoms with Crippen molar-refractivity contribution in [3.05, 3.63) is 12.2 Å². The van der Waals surface area contributed by atoms with Crippen LogP contribution in [-0.4, -0.2) is 30.6 Å². The van der Waals surface area contributed by atoms with Gasteiger partial charge < -0.3 is 10.6 Å². The van der Waals surface area contributed by atoms with Gasteiger partial charge in [0.2, 0.25) is 0 Å².